The van der Waals surface area contributed by atoms with Crippen LogP contribution < -0.4 is 5.32 Å². The molecule has 0 spiro atoms. The van der Waals surface area contributed by atoms with E-state index in [1.165, 1.54) is 24.3 Å². The van der Waals surface area contributed by atoms with Gasteiger partial charge in [-0.25, -0.2) is 4.79 Å². The topological polar surface area (TPSA) is 68.5 Å². The van der Waals surface area contributed by atoms with E-state index in [-0.39, 0.29) is 12.3 Å². The van der Waals surface area contributed by atoms with E-state index in [1.54, 1.807) is 0 Å². The highest BCUT2D eigenvalue weighted by Gasteiger charge is 2.29. The van der Waals surface area contributed by atoms with E-state index in [2.05, 4.69) is 21.2 Å². The van der Waals surface area contributed by atoms with Crippen molar-refractivity contribution in [3.63, 3.8) is 0 Å². The number of amides is 1. The van der Waals surface area contributed by atoms with Gasteiger partial charge in [0, 0.05) is 6.54 Å². The first-order valence-electron chi connectivity index (χ1n) is 6.61. The molecule has 1 aromatic heterocycles. The van der Waals surface area contributed by atoms with Crippen LogP contribution in [0.3, 0.4) is 0 Å². The Bertz CT molecular complexity index is 725. The third kappa shape index (κ3) is 5.12. The van der Waals surface area contributed by atoms with Gasteiger partial charge in [-0.1, -0.05) is 12.1 Å². The number of carbonyl (C=O) groups excluding carboxylic acids is 2. The Kier molecular flexibility index (Phi) is 5.66. The molecule has 1 amide bonds. The molecule has 0 aliphatic carbocycles. The molecular weight excluding hydrogens is 395 g/mol. The van der Waals surface area contributed by atoms with Crippen molar-refractivity contribution in [2.75, 3.05) is 6.61 Å². The summed E-state index contributed by atoms with van der Waals surface area (Å²) in [4.78, 5) is 23.1. The molecule has 0 atom stereocenters. The second-order valence-electron chi connectivity index (χ2n) is 4.65. The molecule has 0 radical (unpaired) electrons. The van der Waals surface area contributed by atoms with Crippen LogP contribution in [0.5, 0.6) is 0 Å². The lowest BCUT2D eigenvalue weighted by Gasteiger charge is -2.08. The molecule has 0 aliphatic rings. The number of carbonyl (C=O) groups is 2. The minimum Gasteiger partial charge on any atom is -0.450 e. The molecule has 9 heteroatoms. The first-order chi connectivity index (χ1) is 11.3. The fourth-order valence-corrected chi connectivity index (χ4v) is 2.00. The minimum absolute atomic E-state index is 0.0147. The number of furan rings is 1. The van der Waals surface area contributed by atoms with Crippen molar-refractivity contribution < 1.29 is 31.9 Å². The Labute approximate surface area is 142 Å². The summed E-state index contributed by atoms with van der Waals surface area (Å²) in [7, 11) is 0. The van der Waals surface area contributed by atoms with Crippen molar-refractivity contribution in [1.29, 1.82) is 0 Å². The lowest BCUT2D eigenvalue weighted by molar-refractivity contribution is -0.137. The standard InChI is InChI=1S/C15H11BrF3NO4/c16-12-6-5-11(24-12)14(22)23-8-13(21)20-7-9-1-3-10(4-2-9)15(17,18)19/h1-6H,7-8H2,(H,20,21). The van der Waals surface area contributed by atoms with Crippen LogP contribution in [0.25, 0.3) is 0 Å². The van der Waals surface area contributed by atoms with Gasteiger partial charge < -0.3 is 14.5 Å². The summed E-state index contributed by atoms with van der Waals surface area (Å²) in [6.45, 7) is -0.515. The van der Waals surface area contributed by atoms with Crippen LogP contribution in [0.2, 0.25) is 0 Å². The van der Waals surface area contributed by atoms with E-state index in [1.807, 2.05) is 0 Å². The minimum atomic E-state index is -4.41. The van der Waals surface area contributed by atoms with Gasteiger partial charge in [0.25, 0.3) is 5.91 Å². The summed E-state index contributed by atoms with van der Waals surface area (Å²) in [6, 6.07) is 7.26. The molecule has 0 saturated heterocycles. The molecule has 0 bridgehead atoms. The zero-order valence-electron chi connectivity index (χ0n) is 12.0. The summed E-state index contributed by atoms with van der Waals surface area (Å²) in [5.41, 5.74) is -0.284. The lowest BCUT2D eigenvalue weighted by atomic mass is 10.1. The average Bonchev–Trinajstić information content (AvgIpc) is 2.96. The molecule has 1 N–H and O–H groups in total. The molecule has 1 aromatic carbocycles. The number of rotatable bonds is 5. The molecule has 2 rings (SSSR count). The highest BCUT2D eigenvalue weighted by atomic mass is 79.9. The van der Waals surface area contributed by atoms with E-state index in [0.29, 0.717) is 10.2 Å². The number of esters is 1. The molecule has 5 nitrogen and oxygen atoms in total. The summed E-state index contributed by atoms with van der Waals surface area (Å²) < 4.78 is 47.3. The predicted molar refractivity (Wildman–Crippen MR) is 80.0 cm³/mol. The van der Waals surface area contributed by atoms with Crippen LogP contribution in [-0.4, -0.2) is 18.5 Å². The number of ether oxygens (including phenoxy) is 1. The van der Waals surface area contributed by atoms with Gasteiger partial charge in [0.15, 0.2) is 11.3 Å². The monoisotopic (exact) mass is 405 g/mol. The van der Waals surface area contributed by atoms with Crippen molar-refractivity contribution >= 4 is 27.8 Å². The van der Waals surface area contributed by atoms with E-state index in [0.717, 1.165) is 12.1 Å². The third-order valence-electron chi connectivity index (χ3n) is 2.88. The molecular formula is C15H11BrF3NO4. The lowest BCUT2D eigenvalue weighted by Crippen LogP contribution is -2.28. The first kappa shape index (κ1) is 18.1. The van der Waals surface area contributed by atoms with E-state index in [4.69, 9.17) is 9.15 Å². The number of halogens is 4. The van der Waals surface area contributed by atoms with Crippen molar-refractivity contribution in [1.82, 2.24) is 5.32 Å². The fourth-order valence-electron chi connectivity index (χ4n) is 1.69. The van der Waals surface area contributed by atoms with Crippen molar-refractivity contribution in [3.8, 4) is 0 Å². The molecule has 0 unspecified atom stereocenters. The normalized spacial score (nSPS) is 11.2. The summed E-state index contributed by atoms with van der Waals surface area (Å²) in [5, 5.41) is 2.43. The van der Waals surface area contributed by atoms with Crippen LogP contribution in [0.4, 0.5) is 13.2 Å². The number of benzene rings is 1. The molecule has 0 saturated carbocycles. The van der Waals surface area contributed by atoms with Gasteiger partial charge in [-0.3, -0.25) is 4.79 Å². The zero-order chi connectivity index (χ0) is 17.7. The highest BCUT2D eigenvalue weighted by molar-refractivity contribution is 9.10. The van der Waals surface area contributed by atoms with Crippen LogP contribution in [0.1, 0.15) is 21.7 Å². The number of hydrogen-bond acceptors (Lipinski definition) is 4. The first-order valence-corrected chi connectivity index (χ1v) is 7.40. The van der Waals surface area contributed by atoms with E-state index >= 15 is 0 Å². The number of nitrogens with one attached hydrogen (secondary N) is 1. The maximum absolute atomic E-state index is 12.4. The number of alkyl halides is 3. The van der Waals surface area contributed by atoms with Crippen LogP contribution in [0, 0.1) is 0 Å². The van der Waals surface area contributed by atoms with Crippen LogP contribution >= 0.6 is 15.9 Å². The summed E-state index contributed by atoms with van der Waals surface area (Å²) >= 11 is 3.02. The van der Waals surface area contributed by atoms with Gasteiger partial charge in [0.2, 0.25) is 5.76 Å². The Hall–Kier alpha value is -2.29. The average molecular weight is 406 g/mol. The second kappa shape index (κ2) is 7.52. The third-order valence-corrected chi connectivity index (χ3v) is 3.31. The Morgan fingerprint density at radius 3 is 2.33 bits per heavy atom. The fraction of sp³-hybridized carbons (Fsp3) is 0.200. The molecule has 128 valence electrons. The molecule has 0 aliphatic heterocycles. The van der Waals surface area contributed by atoms with Crippen molar-refractivity contribution in [2.24, 2.45) is 0 Å². The van der Waals surface area contributed by atoms with Gasteiger partial charge >= 0.3 is 12.1 Å². The Morgan fingerprint density at radius 1 is 1.12 bits per heavy atom. The predicted octanol–water partition coefficient (Wildman–Crippen LogP) is 3.53. The molecule has 1 heterocycles. The Morgan fingerprint density at radius 2 is 1.79 bits per heavy atom. The smallest absolute Gasteiger partial charge is 0.416 e. The van der Waals surface area contributed by atoms with Gasteiger partial charge in [0.1, 0.15) is 0 Å². The second-order valence-corrected chi connectivity index (χ2v) is 5.43. The number of hydrogen-bond donors (Lipinski definition) is 1. The summed E-state index contributed by atoms with van der Waals surface area (Å²) in [6.07, 6.45) is -4.41. The van der Waals surface area contributed by atoms with Crippen molar-refractivity contribution in [3.05, 3.63) is 58.0 Å². The van der Waals surface area contributed by atoms with Crippen LogP contribution in [-0.2, 0) is 22.3 Å². The molecule has 2 aromatic rings. The van der Waals surface area contributed by atoms with Gasteiger partial charge in [-0.05, 0) is 45.8 Å². The van der Waals surface area contributed by atoms with Gasteiger partial charge in [-0.15, -0.1) is 0 Å². The van der Waals surface area contributed by atoms with Crippen molar-refractivity contribution in [2.45, 2.75) is 12.7 Å². The maximum atomic E-state index is 12.4. The van der Waals surface area contributed by atoms with E-state index in [9.17, 15) is 22.8 Å². The zero-order valence-corrected chi connectivity index (χ0v) is 13.6. The quantitative estimate of drug-likeness (QED) is 0.772. The van der Waals surface area contributed by atoms with Crippen LogP contribution in [0.15, 0.2) is 45.5 Å². The molecule has 0 fully saturated rings. The SMILES string of the molecule is O=C(COC(=O)c1ccc(Br)o1)NCc1ccc(C(F)(F)F)cc1. The van der Waals surface area contributed by atoms with E-state index < -0.39 is 30.2 Å². The van der Waals surface area contributed by atoms with Gasteiger partial charge in [-0.2, -0.15) is 13.2 Å². The van der Waals surface area contributed by atoms with Gasteiger partial charge in [0.05, 0.1) is 5.56 Å². The summed E-state index contributed by atoms with van der Waals surface area (Å²) in [5.74, 6) is -1.45. The largest absolute Gasteiger partial charge is 0.450 e. The Balaban J connectivity index is 1.78. The maximum Gasteiger partial charge on any atom is 0.416 e. The molecule has 24 heavy (non-hydrogen) atoms. The highest BCUT2D eigenvalue weighted by Crippen LogP contribution is 2.29.